The van der Waals surface area contributed by atoms with Crippen molar-refractivity contribution in [3.8, 4) is 22.8 Å². The highest BCUT2D eigenvalue weighted by Crippen LogP contribution is 2.32. The molecule has 0 bridgehead atoms. The van der Waals surface area contributed by atoms with Crippen molar-refractivity contribution in [2.45, 2.75) is 6.92 Å². The average Bonchev–Trinajstić information content (AvgIpc) is 3.17. The number of thiazole rings is 1. The predicted octanol–water partition coefficient (Wildman–Crippen LogP) is 4.49. The van der Waals surface area contributed by atoms with Crippen LogP contribution in [0, 0.1) is 0 Å². The summed E-state index contributed by atoms with van der Waals surface area (Å²) in [7, 11) is 1.61. The highest BCUT2D eigenvalue weighted by atomic mass is 32.1. The third-order valence-electron chi connectivity index (χ3n) is 3.84. The van der Waals surface area contributed by atoms with Crippen molar-refractivity contribution in [3.63, 3.8) is 0 Å². The minimum Gasteiger partial charge on any atom is -0.493 e. The third-order valence-corrected chi connectivity index (χ3v) is 4.60. The molecule has 0 atom stereocenters. The Balaban J connectivity index is 1.70. The number of amides is 1. The van der Waals surface area contributed by atoms with Gasteiger partial charge in [0.15, 0.2) is 5.13 Å². The molecule has 0 saturated heterocycles. The Kier molecular flexibility index (Phi) is 7.00. The Hall–Kier alpha value is -2.90. The lowest BCUT2D eigenvalue weighted by molar-refractivity contribution is 0.102. The molecule has 0 unspecified atom stereocenters. The monoisotopic (exact) mass is 398 g/mol. The zero-order valence-electron chi connectivity index (χ0n) is 15.8. The number of ether oxygens (including phenoxy) is 3. The topological polar surface area (TPSA) is 69.7 Å². The van der Waals surface area contributed by atoms with Crippen LogP contribution in [0.15, 0.2) is 53.9 Å². The number of nitrogens with one attached hydrogen (secondary N) is 1. The molecule has 1 heterocycles. The SMILES string of the molecule is CCOc1ccccc1-c1csc(NC(=O)c2cccc(OCCOC)c2)n1. The van der Waals surface area contributed by atoms with Gasteiger partial charge >= 0.3 is 0 Å². The minimum absolute atomic E-state index is 0.240. The van der Waals surface area contributed by atoms with Crippen LogP contribution >= 0.6 is 11.3 Å². The van der Waals surface area contributed by atoms with Crippen LogP contribution in [0.2, 0.25) is 0 Å². The number of aromatic nitrogens is 1. The fourth-order valence-corrected chi connectivity index (χ4v) is 3.26. The van der Waals surface area contributed by atoms with E-state index in [1.807, 2.05) is 36.6 Å². The van der Waals surface area contributed by atoms with Gasteiger partial charge in [0.05, 0.1) is 18.9 Å². The van der Waals surface area contributed by atoms with Crippen molar-refractivity contribution in [2.75, 3.05) is 32.2 Å². The van der Waals surface area contributed by atoms with Crippen LogP contribution in [0.4, 0.5) is 5.13 Å². The van der Waals surface area contributed by atoms with Gasteiger partial charge < -0.3 is 14.2 Å². The normalized spacial score (nSPS) is 10.5. The minimum atomic E-state index is -0.240. The van der Waals surface area contributed by atoms with Gasteiger partial charge in [0, 0.05) is 23.6 Å². The van der Waals surface area contributed by atoms with Crippen LogP contribution in [0.5, 0.6) is 11.5 Å². The molecule has 146 valence electrons. The number of para-hydroxylation sites is 1. The highest BCUT2D eigenvalue weighted by molar-refractivity contribution is 7.14. The van der Waals surface area contributed by atoms with Gasteiger partial charge in [0.2, 0.25) is 0 Å². The number of benzene rings is 2. The van der Waals surface area contributed by atoms with Crippen LogP contribution in [-0.4, -0.2) is 37.8 Å². The molecule has 0 saturated carbocycles. The van der Waals surface area contributed by atoms with Crippen molar-refractivity contribution < 1.29 is 19.0 Å². The number of rotatable bonds is 9. The van der Waals surface area contributed by atoms with E-state index in [9.17, 15) is 4.79 Å². The second kappa shape index (κ2) is 9.87. The number of anilines is 1. The van der Waals surface area contributed by atoms with E-state index in [2.05, 4.69) is 10.3 Å². The summed E-state index contributed by atoms with van der Waals surface area (Å²) in [5.74, 6) is 1.15. The summed E-state index contributed by atoms with van der Waals surface area (Å²) in [5.41, 5.74) is 2.16. The molecule has 0 aliphatic heterocycles. The van der Waals surface area contributed by atoms with Crippen LogP contribution in [0.25, 0.3) is 11.3 Å². The zero-order valence-corrected chi connectivity index (χ0v) is 16.6. The molecule has 0 fully saturated rings. The van der Waals surface area contributed by atoms with E-state index in [0.29, 0.717) is 36.3 Å². The first-order chi connectivity index (χ1) is 13.7. The lowest BCUT2D eigenvalue weighted by Gasteiger charge is -2.08. The van der Waals surface area contributed by atoms with Gasteiger partial charge in [-0.05, 0) is 37.3 Å². The molecule has 0 aliphatic carbocycles. The summed E-state index contributed by atoms with van der Waals surface area (Å²) < 4.78 is 16.2. The maximum absolute atomic E-state index is 12.6. The van der Waals surface area contributed by atoms with Crippen LogP contribution in [-0.2, 0) is 4.74 Å². The summed E-state index contributed by atoms with van der Waals surface area (Å²) in [5, 5.41) is 5.27. The molecule has 0 spiro atoms. The molecule has 2 aromatic carbocycles. The van der Waals surface area contributed by atoms with Gasteiger partial charge in [-0.3, -0.25) is 10.1 Å². The largest absolute Gasteiger partial charge is 0.493 e. The third kappa shape index (κ3) is 5.09. The molecule has 1 N–H and O–H groups in total. The zero-order chi connectivity index (χ0) is 19.8. The van der Waals surface area contributed by atoms with E-state index in [1.54, 1.807) is 31.4 Å². The Bertz CT molecular complexity index is 926. The summed E-state index contributed by atoms with van der Waals surface area (Å²) >= 11 is 1.37. The lowest BCUT2D eigenvalue weighted by atomic mass is 10.1. The van der Waals surface area contributed by atoms with Gasteiger partial charge in [-0.1, -0.05) is 18.2 Å². The van der Waals surface area contributed by atoms with Gasteiger partial charge in [-0.25, -0.2) is 4.98 Å². The number of hydrogen-bond acceptors (Lipinski definition) is 6. The predicted molar refractivity (Wildman–Crippen MR) is 110 cm³/mol. The molecule has 0 radical (unpaired) electrons. The molecule has 1 amide bonds. The van der Waals surface area contributed by atoms with Crippen molar-refractivity contribution in [3.05, 3.63) is 59.5 Å². The highest BCUT2D eigenvalue weighted by Gasteiger charge is 2.13. The van der Waals surface area contributed by atoms with Gasteiger partial charge in [-0.15, -0.1) is 11.3 Å². The number of carbonyl (C=O) groups excluding carboxylic acids is 1. The second-order valence-corrected chi connectivity index (χ2v) is 6.65. The first kappa shape index (κ1) is 19.9. The Labute approximate surface area is 168 Å². The van der Waals surface area contributed by atoms with Crippen LogP contribution < -0.4 is 14.8 Å². The van der Waals surface area contributed by atoms with Gasteiger partial charge in [-0.2, -0.15) is 0 Å². The number of hydrogen-bond donors (Lipinski definition) is 1. The lowest BCUT2D eigenvalue weighted by Crippen LogP contribution is -2.12. The summed E-state index contributed by atoms with van der Waals surface area (Å²) in [6.45, 7) is 3.43. The van der Waals surface area contributed by atoms with Gasteiger partial charge in [0.1, 0.15) is 18.1 Å². The summed E-state index contributed by atoms with van der Waals surface area (Å²) in [4.78, 5) is 17.1. The fourth-order valence-electron chi connectivity index (χ4n) is 2.55. The first-order valence-electron chi connectivity index (χ1n) is 8.92. The van der Waals surface area contributed by atoms with E-state index in [4.69, 9.17) is 14.2 Å². The molecule has 6 nitrogen and oxygen atoms in total. The Morgan fingerprint density at radius 3 is 2.79 bits per heavy atom. The maximum atomic E-state index is 12.6. The maximum Gasteiger partial charge on any atom is 0.257 e. The molecule has 3 aromatic rings. The number of methoxy groups -OCH3 is 1. The van der Waals surface area contributed by atoms with E-state index < -0.39 is 0 Å². The molecular weight excluding hydrogens is 376 g/mol. The van der Waals surface area contributed by atoms with Crippen molar-refractivity contribution in [1.82, 2.24) is 4.98 Å². The molecule has 3 rings (SSSR count). The van der Waals surface area contributed by atoms with Crippen molar-refractivity contribution in [1.29, 1.82) is 0 Å². The van der Waals surface area contributed by atoms with Crippen molar-refractivity contribution in [2.24, 2.45) is 0 Å². The average molecular weight is 398 g/mol. The molecule has 7 heteroatoms. The number of nitrogens with zero attached hydrogens (tertiary/aromatic N) is 1. The van der Waals surface area contributed by atoms with E-state index in [1.165, 1.54) is 11.3 Å². The smallest absolute Gasteiger partial charge is 0.257 e. The van der Waals surface area contributed by atoms with Crippen LogP contribution in [0.3, 0.4) is 0 Å². The fraction of sp³-hybridized carbons (Fsp3) is 0.238. The van der Waals surface area contributed by atoms with E-state index >= 15 is 0 Å². The van der Waals surface area contributed by atoms with Crippen molar-refractivity contribution >= 4 is 22.4 Å². The molecule has 28 heavy (non-hydrogen) atoms. The standard InChI is InChI=1S/C21H22N2O4S/c1-3-26-19-10-5-4-9-17(19)18-14-28-21(22-18)23-20(24)15-7-6-8-16(13-15)27-12-11-25-2/h4-10,13-14H,3,11-12H2,1-2H3,(H,22,23,24). The molecule has 1 aromatic heterocycles. The van der Waals surface area contributed by atoms with Crippen LogP contribution in [0.1, 0.15) is 17.3 Å². The van der Waals surface area contributed by atoms with E-state index in [-0.39, 0.29) is 5.91 Å². The molecule has 0 aliphatic rings. The molecular formula is C21H22N2O4S. The van der Waals surface area contributed by atoms with Gasteiger partial charge in [0.25, 0.3) is 5.91 Å². The Morgan fingerprint density at radius 2 is 1.96 bits per heavy atom. The quantitative estimate of drug-likeness (QED) is 0.538. The van der Waals surface area contributed by atoms with E-state index in [0.717, 1.165) is 17.0 Å². The first-order valence-corrected chi connectivity index (χ1v) is 9.80. The number of carbonyl (C=O) groups is 1. The summed E-state index contributed by atoms with van der Waals surface area (Å²) in [6, 6.07) is 14.7. The Morgan fingerprint density at radius 1 is 1.11 bits per heavy atom. The summed E-state index contributed by atoms with van der Waals surface area (Å²) in [6.07, 6.45) is 0. The second-order valence-electron chi connectivity index (χ2n) is 5.79.